The third-order valence-corrected chi connectivity index (χ3v) is 5.80. The summed E-state index contributed by atoms with van der Waals surface area (Å²) < 4.78 is 3.09. The Balaban J connectivity index is 1.42. The molecule has 0 fully saturated rings. The van der Waals surface area contributed by atoms with Gasteiger partial charge in [0.15, 0.2) is 0 Å². The van der Waals surface area contributed by atoms with Gasteiger partial charge in [0.2, 0.25) is 5.91 Å². The molecule has 0 radical (unpaired) electrons. The number of carbonyl (C=O) groups excluding carboxylic acids is 1. The van der Waals surface area contributed by atoms with E-state index in [9.17, 15) is 9.90 Å². The SMILES string of the molecule is C[C@@H](O)c1cc2n(n1)CCCN(C(=O)CCc1nc3ccccc3s1)C2. The molecule has 1 N–H and O–H groups in total. The van der Waals surface area contributed by atoms with Crippen LogP contribution in [0.3, 0.4) is 0 Å². The predicted molar refractivity (Wildman–Crippen MR) is 101 cm³/mol. The van der Waals surface area contributed by atoms with Crippen molar-refractivity contribution in [2.75, 3.05) is 6.54 Å². The normalized spacial score (nSPS) is 15.7. The summed E-state index contributed by atoms with van der Waals surface area (Å²) in [4.78, 5) is 19.2. The maximum atomic E-state index is 12.7. The van der Waals surface area contributed by atoms with Crippen molar-refractivity contribution < 1.29 is 9.90 Å². The van der Waals surface area contributed by atoms with Crippen LogP contribution in [-0.2, 0) is 24.3 Å². The van der Waals surface area contributed by atoms with Gasteiger partial charge in [0.25, 0.3) is 0 Å². The number of aliphatic hydroxyl groups excluding tert-OH is 1. The van der Waals surface area contributed by atoms with Crippen molar-refractivity contribution in [3.05, 3.63) is 46.7 Å². The van der Waals surface area contributed by atoms with Gasteiger partial charge in [-0.25, -0.2) is 4.98 Å². The summed E-state index contributed by atoms with van der Waals surface area (Å²) in [6.07, 6.45) is 1.43. The van der Waals surface area contributed by atoms with E-state index in [0.717, 1.165) is 35.7 Å². The zero-order chi connectivity index (χ0) is 18.1. The molecular formula is C19H22N4O2S. The van der Waals surface area contributed by atoms with Gasteiger partial charge in [-0.15, -0.1) is 11.3 Å². The molecule has 1 atom stereocenters. The first-order valence-electron chi connectivity index (χ1n) is 8.97. The Kier molecular flexibility index (Phi) is 4.74. The van der Waals surface area contributed by atoms with Crippen LogP contribution in [0.4, 0.5) is 0 Å². The highest BCUT2D eigenvalue weighted by Crippen LogP contribution is 2.23. The summed E-state index contributed by atoms with van der Waals surface area (Å²) in [7, 11) is 0. The van der Waals surface area contributed by atoms with Crippen molar-refractivity contribution in [3.63, 3.8) is 0 Å². The Morgan fingerprint density at radius 2 is 2.19 bits per heavy atom. The monoisotopic (exact) mass is 370 g/mol. The molecule has 1 aliphatic rings. The van der Waals surface area contributed by atoms with Gasteiger partial charge in [-0.05, 0) is 31.5 Å². The molecule has 3 heterocycles. The van der Waals surface area contributed by atoms with E-state index in [4.69, 9.17) is 0 Å². The summed E-state index contributed by atoms with van der Waals surface area (Å²) in [6.45, 7) is 3.79. The maximum absolute atomic E-state index is 12.7. The molecule has 0 saturated carbocycles. The second-order valence-corrected chi connectivity index (χ2v) is 7.82. The fourth-order valence-corrected chi connectivity index (χ4v) is 4.27. The number of fused-ring (bicyclic) bond motifs is 2. The second kappa shape index (κ2) is 7.17. The molecule has 4 rings (SSSR count). The van der Waals surface area contributed by atoms with E-state index in [1.165, 1.54) is 4.70 Å². The number of aryl methyl sites for hydroxylation is 2. The third kappa shape index (κ3) is 3.50. The Morgan fingerprint density at radius 3 is 3.00 bits per heavy atom. The van der Waals surface area contributed by atoms with E-state index in [-0.39, 0.29) is 5.91 Å². The van der Waals surface area contributed by atoms with Crippen LogP contribution in [0.25, 0.3) is 10.2 Å². The number of hydrogen-bond acceptors (Lipinski definition) is 5. The molecule has 3 aromatic rings. The van der Waals surface area contributed by atoms with E-state index < -0.39 is 6.10 Å². The number of aliphatic hydroxyl groups is 1. The first kappa shape index (κ1) is 17.2. The second-order valence-electron chi connectivity index (χ2n) is 6.70. The fraction of sp³-hybridized carbons (Fsp3) is 0.421. The number of hydrogen-bond donors (Lipinski definition) is 1. The maximum Gasteiger partial charge on any atom is 0.223 e. The first-order chi connectivity index (χ1) is 12.6. The molecule has 1 aliphatic heterocycles. The van der Waals surface area contributed by atoms with Gasteiger partial charge < -0.3 is 10.0 Å². The molecule has 0 aliphatic carbocycles. The van der Waals surface area contributed by atoms with Crippen LogP contribution in [0.2, 0.25) is 0 Å². The lowest BCUT2D eigenvalue weighted by atomic mass is 10.2. The molecule has 136 valence electrons. The number of rotatable bonds is 4. The standard InChI is InChI=1S/C19H22N4O2S/c1-13(24)16-11-14-12-22(9-4-10-23(14)21-16)19(25)8-7-18-20-15-5-2-3-6-17(15)26-18/h2-3,5-6,11,13,24H,4,7-10,12H2,1H3/t13-/m1/s1. The Morgan fingerprint density at radius 1 is 1.35 bits per heavy atom. The van der Waals surface area contributed by atoms with Gasteiger partial charge in [0, 0.05) is 25.9 Å². The molecule has 0 spiro atoms. The lowest BCUT2D eigenvalue weighted by Gasteiger charge is -2.19. The van der Waals surface area contributed by atoms with Crippen LogP contribution in [0.1, 0.15) is 42.3 Å². The Labute approximate surface area is 156 Å². The topological polar surface area (TPSA) is 71.2 Å². The minimum Gasteiger partial charge on any atom is -0.387 e. The van der Waals surface area contributed by atoms with Crippen LogP contribution in [0.5, 0.6) is 0 Å². The molecule has 1 amide bonds. The van der Waals surface area contributed by atoms with Crippen molar-refractivity contribution >= 4 is 27.5 Å². The molecule has 2 aromatic heterocycles. The number of carbonyl (C=O) groups is 1. The average Bonchev–Trinajstić information content (AvgIpc) is 3.17. The van der Waals surface area contributed by atoms with Crippen LogP contribution < -0.4 is 0 Å². The lowest BCUT2D eigenvalue weighted by molar-refractivity contribution is -0.131. The van der Waals surface area contributed by atoms with Gasteiger partial charge in [-0.2, -0.15) is 5.10 Å². The highest BCUT2D eigenvalue weighted by Gasteiger charge is 2.21. The van der Waals surface area contributed by atoms with Gasteiger partial charge in [0.05, 0.1) is 39.3 Å². The van der Waals surface area contributed by atoms with Gasteiger partial charge in [-0.1, -0.05) is 12.1 Å². The van der Waals surface area contributed by atoms with E-state index in [1.54, 1.807) is 18.3 Å². The van der Waals surface area contributed by atoms with E-state index in [1.807, 2.05) is 33.8 Å². The highest BCUT2D eigenvalue weighted by molar-refractivity contribution is 7.18. The molecule has 6 nitrogen and oxygen atoms in total. The van der Waals surface area contributed by atoms with E-state index >= 15 is 0 Å². The average molecular weight is 370 g/mol. The third-order valence-electron chi connectivity index (χ3n) is 4.70. The van der Waals surface area contributed by atoms with Gasteiger partial charge >= 0.3 is 0 Å². The van der Waals surface area contributed by atoms with Crippen molar-refractivity contribution in [2.45, 2.75) is 45.4 Å². The summed E-state index contributed by atoms with van der Waals surface area (Å²) in [6, 6.07) is 9.97. The molecule has 0 saturated heterocycles. The van der Waals surface area contributed by atoms with Crippen LogP contribution in [0.15, 0.2) is 30.3 Å². The molecule has 26 heavy (non-hydrogen) atoms. The van der Waals surface area contributed by atoms with Crippen LogP contribution in [-0.4, -0.2) is 37.2 Å². The number of thiazole rings is 1. The Bertz CT molecular complexity index is 898. The van der Waals surface area contributed by atoms with E-state index in [2.05, 4.69) is 16.1 Å². The summed E-state index contributed by atoms with van der Waals surface area (Å²) in [5, 5.41) is 15.2. The predicted octanol–water partition coefficient (Wildman–Crippen LogP) is 2.91. The Hall–Kier alpha value is -2.25. The molecule has 1 aromatic carbocycles. The molecule has 0 bridgehead atoms. The summed E-state index contributed by atoms with van der Waals surface area (Å²) >= 11 is 1.66. The molecular weight excluding hydrogens is 348 g/mol. The van der Waals surface area contributed by atoms with Crippen molar-refractivity contribution in [1.29, 1.82) is 0 Å². The quantitative estimate of drug-likeness (QED) is 0.766. The number of amides is 1. The number of benzene rings is 1. The van der Waals surface area contributed by atoms with Gasteiger partial charge in [0.1, 0.15) is 0 Å². The largest absolute Gasteiger partial charge is 0.387 e. The van der Waals surface area contributed by atoms with Crippen LogP contribution >= 0.6 is 11.3 Å². The minimum absolute atomic E-state index is 0.150. The zero-order valence-electron chi connectivity index (χ0n) is 14.8. The number of para-hydroxylation sites is 1. The molecule has 0 unspecified atom stereocenters. The minimum atomic E-state index is -0.586. The van der Waals surface area contributed by atoms with Crippen LogP contribution in [0, 0.1) is 0 Å². The summed E-state index contributed by atoms with van der Waals surface area (Å²) in [5.41, 5.74) is 2.67. The number of nitrogens with zero attached hydrogens (tertiary/aromatic N) is 4. The fourth-order valence-electron chi connectivity index (χ4n) is 3.30. The van der Waals surface area contributed by atoms with E-state index in [0.29, 0.717) is 25.1 Å². The molecule has 7 heteroatoms. The smallest absolute Gasteiger partial charge is 0.223 e. The first-order valence-corrected chi connectivity index (χ1v) is 9.79. The van der Waals surface area contributed by atoms with Crippen molar-refractivity contribution in [3.8, 4) is 0 Å². The lowest BCUT2D eigenvalue weighted by Crippen LogP contribution is -2.30. The van der Waals surface area contributed by atoms with Crippen molar-refractivity contribution in [1.82, 2.24) is 19.7 Å². The van der Waals surface area contributed by atoms with Gasteiger partial charge in [-0.3, -0.25) is 9.48 Å². The summed E-state index contributed by atoms with van der Waals surface area (Å²) in [5.74, 6) is 0.150. The zero-order valence-corrected chi connectivity index (χ0v) is 15.6. The number of aromatic nitrogens is 3. The highest BCUT2D eigenvalue weighted by atomic mass is 32.1. The van der Waals surface area contributed by atoms with Crippen molar-refractivity contribution in [2.24, 2.45) is 0 Å².